The van der Waals surface area contributed by atoms with Gasteiger partial charge in [-0.2, -0.15) is 0 Å². The third-order valence-electron chi connectivity index (χ3n) is 5.31. The summed E-state index contributed by atoms with van der Waals surface area (Å²) in [7, 11) is 0. The van der Waals surface area contributed by atoms with Gasteiger partial charge in [-0.15, -0.1) is 11.3 Å². The van der Waals surface area contributed by atoms with Crippen molar-refractivity contribution in [2.75, 3.05) is 13.2 Å². The fourth-order valence-corrected chi connectivity index (χ4v) is 4.94. The molecule has 0 aliphatic heterocycles. The number of hydrogen-bond donors (Lipinski definition) is 1. The van der Waals surface area contributed by atoms with Crippen LogP contribution in [0.3, 0.4) is 0 Å². The standard InChI is InChI=1S/C19H24N2OS/c22-11-10-21(18-9-8-14-4-1-2-7-17(14)18)13-16-12-20-19(23-16)15-5-3-6-15/h1-2,4,7,12,15,18,22H,3,5-6,8-11,13H2. The van der Waals surface area contributed by atoms with Gasteiger partial charge in [-0.1, -0.05) is 30.7 Å². The Hall–Kier alpha value is -1.23. The summed E-state index contributed by atoms with van der Waals surface area (Å²) in [5.41, 5.74) is 2.92. The molecule has 0 bridgehead atoms. The average Bonchev–Trinajstić information content (AvgIpc) is 3.12. The first-order valence-corrected chi connectivity index (χ1v) is 9.54. The number of aromatic nitrogens is 1. The number of rotatable bonds is 6. The number of aryl methyl sites for hydroxylation is 1. The second-order valence-corrected chi connectivity index (χ2v) is 7.89. The number of benzene rings is 1. The Morgan fingerprint density at radius 3 is 2.87 bits per heavy atom. The van der Waals surface area contributed by atoms with Crippen molar-refractivity contribution < 1.29 is 5.11 Å². The highest BCUT2D eigenvalue weighted by Gasteiger charge is 2.28. The lowest BCUT2D eigenvalue weighted by molar-refractivity contribution is 0.144. The average molecular weight is 328 g/mol. The molecule has 23 heavy (non-hydrogen) atoms. The number of hydrogen-bond acceptors (Lipinski definition) is 4. The Morgan fingerprint density at radius 2 is 2.09 bits per heavy atom. The molecule has 1 fully saturated rings. The normalized spacial score (nSPS) is 20.7. The van der Waals surface area contributed by atoms with E-state index in [-0.39, 0.29) is 6.61 Å². The maximum atomic E-state index is 9.51. The SMILES string of the molecule is OCCN(Cc1cnc(C2CCC2)s1)C1CCc2ccccc21. The van der Waals surface area contributed by atoms with E-state index in [4.69, 9.17) is 0 Å². The van der Waals surface area contributed by atoms with Gasteiger partial charge in [0.05, 0.1) is 11.6 Å². The monoisotopic (exact) mass is 328 g/mol. The fourth-order valence-electron chi connectivity index (χ4n) is 3.83. The van der Waals surface area contributed by atoms with E-state index in [1.807, 2.05) is 11.3 Å². The lowest BCUT2D eigenvalue weighted by Crippen LogP contribution is -2.29. The van der Waals surface area contributed by atoms with Gasteiger partial charge >= 0.3 is 0 Å². The molecule has 0 amide bonds. The summed E-state index contributed by atoms with van der Waals surface area (Å²) in [6, 6.07) is 9.20. The zero-order chi connectivity index (χ0) is 15.6. The molecule has 1 heterocycles. The van der Waals surface area contributed by atoms with Gasteiger partial charge in [-0.3, -0.25) is 4.90 Å². The van der Waals surface area contributed by atoms with E-state index in [2.05, 4.69) is 40.3 Å². The van der Waals surface area contributed by atoms with Crippen molar-refractivity contribution in [3.63, 3.8) is 0 Å². The van der Waals surface area contributed by atoms with Crippen LogP contribution < -0.4 is 0 Å². The van der Waals surface area contributed by atoms with Crippen LogP contribution in [0.25, 0.3) is 0 Å². The van der Waals surface area contributed by atoms with Gasteiger partial charge in [0.1, 0.15) is 0 Å². The Kier molecular flexibility index (Phi) is 4.47. The predicted molar refractivity (Wildman–Crippen MR) is 93.7 cm³/mol. The zero-order valence-corrected chi connectivity index (χ0v) is 14.3. The van der Waals surface area contributed by atoms with Crippen molar-refractivity contribution in [1.82, 2.24) is 9.88 Å². The third-order valence-corrected chi connectivity index (χ3v) is 6.46. The van der Waals surface area contributed by atoms with Crippen LogP contribution in [-0.4, -0.2) is 28.1 Å². The van der Waals surface area contributed by atoms with Gasteiger partial charge in [0.25, 0.3) is 0 Å². The summed E-state index contributed by atoms with van der Waals surface area (Å²) in [6.07, 6.45) is 8.34. The molecule has 122 valence electrons. The number of fused-ring (bicyclic) bond motifs is 1. The summed E-state index contributed by atoms with van der Waals surface area (Å²) in [6.45, 7) is 1.85. The van der Waals surface area contributed by atoms with Crippen LogP contribution >= 0.6 is 11.3 Å². The van der Waals surface area contributed by atoms with Crippen LogP contribution in [0.4, 0.5) is 0 Å². The maximum Gasteiger partial charge on any atom is 0.0959 e. The first-order chi connectivity index (χ1) is 11.3. The summed E-state index contributed by atoms with van der Waals surface area (Å²) in [4.78, 5) is 8.42. The molecule has 4 heteroatoms. The number of aliphatic hydroxyl groups is 1. The Balaban J connectivity index is 1.51. The molecule has 2 aliphatic rings. The molecule has 3 nitrogen and oxygen atoms in total. The zero-order valence-electron chi connectivity index (χ0n) is 13.4. The van der Waals surface area contributed by atoms with E-state index in [0.29, 0.717) is 12.0 Å². The highest BCUT2D eigenvalue weighted by molar-refractivity contribution is 7.11. The molecule has 2 aliphatic carbocycles. The largest absolute Gasteiger partial charge is 0.395 e. The Morgan fingerprint density at radius 1 is 1.22 bits per heavy atom. The molecular formula is C19H24N2OS. The van der Waals surface area contributed by atoms with Gasteiger partial charge in [0.2, 0.25) is 0 Å². The molecule has 0 spiro atoms. The second kappa shape index (κ2) is 6.71. The van der Waals surface area contributed by atoms with Crippen LogP contribution in [0.5, 0.6) is 0 Å². The molecule has 1 saturated carbocycles. The van der Waals surface area contributed by atoms with Crippen molar-refractivity contribution >= 4 is 11.3 Å². The van der Waals surface area contributed by atoms with Gasteiger partial charge in [0, 0.05) is 36.1 Å². The van der Waals surface area contributed by atoms with Crippen molar-refractivity contribution in [1.29, 1.82) is 0 Å². The topological polar surface area (TPSA) is 36.4 Å². The molecule has 1 atom stereocenters. The van der Waals surface area contributed by atoms with E-state index in [1.165, 1.54) is 40.3 Å². The number of nitrogens with zero attached hydrogens (tertiary/aromatic N) is 2. The second-order valence-electron chi connectivity index (χ2n) is 6.74. The Labute approximate surface area is 142 Å². The van der Waals surface area contributed by atoms with E-state index >= 15 is 0 Å². The van der Waals surface area contributed by atoms with Crippen LogP contribution in [0.2, 0.25) is 0 Å². The minimum absolute atomic E-state index is 0.215. The lowest BCUT2D eigenvalue weighted by Gasteiger charge is -2.28. The lowest BCUT2D eigenvalue weighted by atomic mass is 9.86. The quantitative estimate of drug-likeness (QED) is 0.874. The Bertz CT molecular complexity index is 665. The number of aliphatic hydroxyl groups excluding tert-OH is 1. The number of thiazole rings is 1. The van der Waals surface area contributed by atoms with Crippen molar-refractivity contribution in [3.05, 3.63) is 51.5 Å². The maximum absolute atomic E-state index is 9.51. The minimum atomic E-state index is 0.215. The van der Waals surface area contributed by atoms with Crippen LogP contribution in [0.1, 0.15) is 58.7 Å². The van der Waals surface area contributed by atoms with E-state index < -0.39 is 0 Å². The summed E-state index contributed by atoms with van der Waals surface area (Å²) in [5, 5.41) is 10.8. The first-order valence-electron chi connectivity index (χ1n) is 8.72. The molecule has 1 aromatic carbocycles. The molecule has 4 rings (SSSR count). The van der Waals surface area contributed by atoms with Gasteiger partial charge in [0.15, 0.2) is 0 Å². The van der Waals surface area contributed by atoms with E-state index in [1.54, 1.807) is 0 Å². The predicted octanol–water partition coefficient (Wildman–Crippen LogP) is 3.89. The first kappa shape index (κ1) is 15.3. The van der Waals surface area contributed by atoms with Crippen molar-refractivity contribution in [3.8, 4) is 0 Å². The van der Waals surface area contributed by atoms with E-state index in [9.17, 15) is 5.11 Å². The smallest absolute Gasteiger partial charge is 0.0959 e. The molecular weight excluding hydrogens is 304 g/mol. The van der Waals surface area contributed by atoms with Gasteiger partial charge in [-0.05, 0) is 36.8 Å². The summed E-state index contributed by atoms with van der Waals surface area (Å²) < 4.78 is 0. The minimum Gasteiger partial charge on any atom is -0.395 e. The molecule has 1 N–H and O–H groups in total. The molecule has 0 radical (unpaired) electrons. The van der Waals surface area contributed by atoms with Crippen LogP contribution in [-0.2, 0) is 13.0 Å². The van der Waals surface area contributed by atoms with Gasteiger partial charge in [-0.25, -0.2) is 4.98 Å². The van der Waals surface area contributed by atoms with Crippen LogP contribution in [0.15, 0.2) is 30.5 Å². The summed E-state index contributed by atoms with van der Waals surface area (Å²) >= 11 is 1.88. The molecule has 1 unspecified atom stereocenters. The molecule has 0 saturated heterocycles. The van der Waals surface area contributed by atoms with Crippen LogP contribution in [0, 0.1) is 0 Å². The highest BCUT2D eigenvalue weighted by atomic mass is 32.1. The summed E-state index contributed by atoms with van der Waals surface area (Å²) in [5.74, 6) is 0.715. The fraction of sp³-hybridized carbons (Fsp3) is 0.526. The van der Waals surface area contributed by atoms with Crippen molar-refractivity contribution in [2.45, 2.75) is 50.6 Å². The third kappa shape index (κ3) is 3.08. The van der Waals surface area contributed by atoms with Crippen molar-refractivity contribution in [2.24, 2.45) is 0 Å². The molecule has 1 aromatic heterocycles. The molecule has 2 aromatic rings. The van der Waals surface area contributed by atoms with E-state index in [0.717, 1.165) is 25.9 Å². The highest BCUT2D eigenvalue weighted by Crippen LogP contribution is 2.40. The van der Waals surface area contributed by atoms with Gasteiger partial charge < -0.3 is 5.11 Å².